The van der Waals surface area contributed by atoms with Gasteiger partial charge >= 0.3 is 0 Å². The minimum atomic E-state index is -0.239. The van der Waals surface area contributed by atoms with E-state index in [1.807, 2.05) is 27.8 Å². The van der Waals surface area contributed by atoms with Gasteiger partial charge in [0, 0.05) is 25.4 Å². The molecular formula is C19H25N3O4. The van der Waals surface area contributed by atoms with E-state index in [-0.39, 0.29) is 30.1 Å². The Morgan fingerprint density at radius 1 is 1.27 bits per heavy atom. The van der Waals surface area contributed by atoms with E-state index in [9.17, 15) is 4.79 Å². The molecule has 4 heterocycles. The number of nitrogens with zero attached hydrogens (tertiary/aromatic N) is 3. The number of morpholine rings is 1. The number of rotatable bonds is 4. The minimum Gasteiger partial charge on any atom is -0.467 e. The van der Waals surface area contributed by atoms with Gasteiger partial charge in [0.1, 0.15) is 18.0 Å². The number of hydrogen-bond donors (Lipinski definition) is 0. The molecule has 2 aliphatic rings. The first kappa shape index (κ1) is 17.3. The molecule has 0 N–H and O–H groups in total. The van der Waals surface area contributed by atoms with Crippen molar-refractivity contribution < 1.29 is 18.7 Å². The highest BCUT2D eigenvalue weighted by atomic mass is 16.5. The van der Waals surface area contributed by atoms with E-state index < -0.39 is 0 Å². The molecule has 0 radical (unpaired) electrons. The van der Waals surface area contributed by atoms with E-state index in [0.29, 0.717) is 26.3 Å². The van der Waals surface area contributed by atoms with Crippen molar-refractivity contribution in [3.05, 3.63) is 42.1 Å². The lowest BCUT2D eigenvalue weighted by molar-refractivity contribution is -0.146. The van der Waals surface area contributed by atoms with Crippen LogP contribution < -0.4 is 0 Å². The van der Waals surface area contributed by atoms with Gasteiger partial charge in [0.05, 0.1) is 31.0 Å². The minimum absolute atomic E-state index is 0.129. The van der Waals surface area contributed by atoms with Crippen LogP contribution in [-0.2, 0) is 14.3 Å². The number of furan rings is 1. The zero-order valence-corrected chi connectivity index (χ0v) is 15.2. The molecule has 2 aromatic rings. The third-order valence-corrected chi connectivity index (χ3v) is 5.13. The van der Waals surface area contributed by atoms with Crippen molar-refractivity contribution in [3.8, 4) is 0 Å². The van der Waals surface area contributed by atoms with Gasteiger partial charge in [-0.15, -0.1) is 0 Å². The molecule has 26 heavy (non-hydrogen) atoms. The van der Waals surface area contributed by atoms with Gasteiger partial charge in [-0.25, -0.2) is 0 Å². The van der Waals surface area contributed by atoms with Gasteiger partial charge in [-0.1, -0.05) is 0 Å². The molecule has 1 amide bonds. The summed E-state index contributed by atoms with van der Waals surface area (Å²) >= 11 is 0. The van der Waals surface area contributed by atoms with Crippen LogP contribution in [-0.4, -0.2) is 46.9 Å². The summed E-state index contributed by atoms with van der Waals surface area (Å²) in [6, 6.07) is 5.92. The van der Waals surface area contributed by atoms with Gasteiger partial charge in [0.25, 0.3) is 0 Å². The Morgan fingerprint density at radius 2 is 2.15 bits per heavy atom. The maximum atomic E-state index is 13.2. The van der Waals surface area contributed by atoms with Crippen molar-refractivity contribution in [1.82, 2.24) is 14.7 Å². The average Bonchev–Trinajstić information content (AvgIpc) is 3.41. The van der Waals surface area contributed by atoms with Gasteiger partial charge in [0.15, 0.2) is 0 Å². The summed E-state index contributed by atoms with van der Waals surface area (Å²) in [4.78, 5) is 15.1. The van der Waals surface area contributed by atoms with Crippen LogP contribution in [0.25, 0.3) is 0 Å². The van der Waals surface area contributed by atoms with Crippen LogP contribution in [0.15, 0.2) is 35.1 Å². The summed E-state index contributed by atoms with van der Waals surface area (Å²) in [5, 5.41) is 4.39. The molecule has 7 nitrogen and oxygen atoms in total. The molecule has 3 atom stereocenters. The van der Waals surface area contributed by atoms with E-state index in [0.717, 1.165) is 17.9 Å². The Bertz CT molecular complexity index is 740. The van der Waals surface area contributed by atoms with Gasteiger partial charge in [0.2, 0.25) is 5.91 Å². The van der Waals surface area contributed by atoms with Crippen molar-refractivity contribution in [1.29, 1.82) is 0 Å². The molecule has 7 heteroatoms. The van der Waals surface area contributed by atoms with Gasteiger partial charge < -0.3 is 18.8 Å². The molecule has 1 unspecified atom stereocenters. The van der Waals surface area contributed by atoms with E-state index in [4.69, 9.17) is 13.9 Å². The topological polar surface area (TPSA) is 69.7 Å². The van der Waals surface area contributed by atoms with E-state index >= 15 is 0 Å². The molecule has 2 fully saturated rings. The first-order chi connectivity index (χ1) is 12.6. The van der Waals surface area contributed by atoms with Crippen LogP contribution in [0, 0.1) is 5.92 Å². The highest BCUT2D eigenvalue weighted by Gasteiger charge is 2.41. The molecule has 2 saturated heterocycles. The first-order valence-corrected chi connectivity index (χ1v) is 9.24. The molecule has 0 saturated carbocycles. The van der Waals surface area contributed by atoms with Gasteiger partial charge in [-0.2, -0.15) is 5.10 Å². The molecular weight excluding hydrogens is 334 g/mol. The zero-order valence-electron chi connectivity index (χ0n) is 15.2. The van der Waals surface area contributed by atoms with E-state index in [2.05, 4.69) is 18.9 Å². The number of amides is 1. The fraction of sp³-hybridized carbons (Fsp3) is 0.579. The summed E-state index contributed by atoms with van der Waals surface area (Å²) in [6.07, 6.45) is 3.70. The number of ether oxygens (including phenoxy) is 2. The smallest absolute Gasteiger partial charge is 0.228 e. The third-order valence-electron chi connectivity index (χ3n) is 5.13. The van der Waals surface area contributed by atoms with Crippen LogP contribution in [0.1, 0.15) is 50.0 Å². The van der Waals surface area contributed by atoms with Crippen molar-refractivity contribution in [2.45, 2.75) is 38.5 Å². The molecule has 0 bridgehead atoms. The number of aromatic nitrogens is 2. The summed E-state index contributed by atoms with van der Waals surface area (Å²) in [7, 11) is 0. The summed E-state index contributed by atoms with van der Waals surface area (Å²) in [6.45, 7) is 6.38. The summed E-state index contributed by atoms with van der Waals surface area (Å²) in [5.41, 5.74) is 0.978. The Labute approximate surface area is 152 Å². The number of hydrogen-bond acceptors (Lipinski definition) is 5. The Balaban J connectivity index is 1.50. The lowest BCUT2D eigenvalue weighted by Crippen LogP contribution is -2.45. The lowest BCUT2D eigenvalue weighted by Gasteiger charge is -2.34. The quantitative estimate of drug-likeness (QED) is 0.839. The third kappa shape index (κ3) is 3.17. The maximum absolute atomic E-state index is 13.2. The van der Waals surface area contributed by atoms with E-state index in [1.54, 1.807) is 12.5 Å². The molecule has 140 valence electrons. The molecule has 0 aromatic carbocycles. The number of carbonyl (C=O) groups is 1. The molecule has 0 aliphatic carbocycles. The van der Waals surface area contributed by atoms with Crippen LogP contribution in [0.5, 0.6) is 0 Å². The van der Waals surface area contributed by atoms with Crippen molar-refractivity contribution in [2.24, 2.45) is 5.92 Å². The van der Waals surface area contributed by atoms with Gasteiger partial charge in [-0.3, -0.25) is 9.48 Å². The first-order valence-electron chi connectivity index (χ1n) is 9.24. The number of carbonyl (C=O) groups excluding carboxylic acids is 1. The molecule has 2 aliphatic heterocycles. The molecule has 0 spiro atoms. The zero-order chi connectivity index (χ0) is 18.1. The monoisotopic (exact) mass is 359 g/mol. The fourth-order valence-electron chi connectivity index (χ4n) is 3.85. The molecule has 2 aromatic heterocycles. The van der Waals surface area contributed by atoms with E-state index in [1.165, 1.54) is 0 Å². The second-order valence-electron chi connectivity index (χ2n) is 7.14. The summed E-state index contributed by atoms with van der Waals surface area (Å²) < 4.78 is 19.1. The SMILES string of the molecule is CC(C)n1nccc1[C@H]1OCC[C@@H]1C(=O)N1CCOC(c2ccco2)C1. The van der Waals surface area contributed by atoms with Crippen molar-refractivity contribution in [2.75, 3.05) is 26.3 Å². The predicted octanol–water partition coefficient (Wildman–Crippen LogP) is 2.73. The standard InChI is InChI=1S/C19H25N3O4/c1-13(2)22-15(5-7-20-22)18-14(6-10-26-18)19(23)21-8-11-25-17(12-21)16-4-3-9-24-16/h3-5,7,9,13-14,17-18H,6,8,10-12H2,1-2H3/t14-,17?,18-/m0/s1. The Morgan fingerprint density at radius 3 is 2.92 bits per heavy atom. The molecule has 4 rings (SSSR count). The highest BCUT2D eigenvalue weighted by Crippen LogP contribution is 2.37. The van der Waals surface area contributed by atoms with Crippen molar-refractivity contribution >= 4 is 5.91 Å². The summed E-state index contributed by atoms with van der Waals surface area (Å²) in [5.74, 6) is 0.711. The normalized spacial score (nSPS) is 26.6. The van der Waals surface area contributed by atoms with Crippen LogP contribution >= 0.6 is 0 Å². The second kappa shape index (κ2) is 7.25. The average molecular weight is 359 g/mol. The lowest BCUT2D eigenvalue weighted by atomic mass is 9.96. The second-order valence-corrected chi connectivity index (χ2v) is 7.14. The maximum Gasteiger partial charge on any atom is 0.228 e. The predicted molar refractivity (Wildman–Crippen MR) is 93.4 cm³/mol. The Kier molecular flexibility index (Phi) is 4.82. The fourth-order valence-corrected chi connectivity index (χ4v) is 3.85. The highest BCUT2D eigenvalue weighted by molar-refractivity contribution is 5.80. The Hall–Kier alpha value is -2.12. The van der Waals surface area contributed by atoms with Crippen LogP contribution in [0.3, 0.4) is 0 Å². The largest absolute Gasteiger partial charge is 0.467 e. The van der Waals surface area contributed by atoms with Crippen LogP contribution in [0.4, 0.5) is 0 Å². The van der Waals surface area contributed by atoms with Crippen LogP contribution in [0.2, 0.25) is 0 Å². The van der Waals surface area contributed by atoms with Crippen molar-refractivity contribution in [3.63, 3.8) is 0 Å². The van der Waals surface area contributed by atoms with Gasteiger partial charge in [-0.05, 0) is 38.5 Å².